The maximum atomic E-state index is 12.9. The Morgan fingerprint density at radius 3 is 2.41 bits per heavy atom. The number of hydrogen-bond acceptors (Lipinski definition) is 7. The van der Waals surface area contributed by atoms with Crippen LogP contribution < -0.4 is 24.4 Å². The monoisotopic (exact) mass is 481 g/mol. The van der Waals surface area contributed by atoms with Crippen molar-refractivity contribution in [3.63, 3.8) is 0 Å². The molecule has 8 nitrogen and oxygen atoms in total. The molecule has 0 aliphatic carbocycles. The summed E-state index contributed by atoms with van der Waals surface area (Å²) < 4.78 is 16.1. The molecule has 1 aliphatic heterocycles. The molecule has 0 bridgehead atoms. The van der Waals surface area contributed by atoms with E-state index in [9.17, 15) is 9.59 Å². The van der Waals surface area contributed by atoms with Crippen molar-refractivity contribution in [1.82, 2.24) is 4.98 Å². The number of aryl methyl sites for hydroxylation is 2. The first-order chi connectivity index (χ1) is 16.3. The molecule has 3 aromatic rings. The minimum Gasteiger partial charge on any atom is -0.493 e. The lowest BCUT2D eigenvalue weighted by Gasteiger charge is -2.20. The van der Waals surface area contributed by atoms with Crippen LogP contribution in [-0.2, 0) is 9.59 Å². The van der Waals surface area contributed by atoms with Crippen molar-refractivity contribution in [2.24, 2.45) is 5.92 Å². The van der Waals surface area contributed by atoms with Gasteiger partial charge in [-0.15, -0.1) is 11.3 Å². The molecule has 0 radical (unpaired) electrons. The molecule has 0 saturated carbocycles. The number of methoxy groups -OCH3 is 3. The summed E-state index contributed by atoms with van der Waals surface area (Å²) in [6, 6.07) is 9.60. The Kier molecular flexibility index (Phi) is 6.74. The smallest absolute Gasteiger partial charge is 0.231 e. The van der Waals surface area contributed by atoms with Crippen LogP contribution in [0.3, 0.4) is 0 Å². The van der Waals surface area contributed by atoms with Gasteiger partial charge in [-0.25, -0.2) is 4.98 Å². The molecule has 1 unspecified atom stereocenters. The standard InChI is InChI=1S/C25H27N3O5S/c1-14-6-7-18(15(2)8-14)19-13-34-25(26-19)27-24(30)16-9-22(29)28(12-16)17-10-20(31-3)23(33-5)21(11-17)32-4/h6-8,10-11,13,16H,9,12H2,1-5H3,(H,26,27,30). The van der Waals surface area contributed by atoms with Gasteiger partial charge in [0.25, 0.3) is 0 Å². The summed E-state index contributed by atoms with van der Waals surface area (Å²) in [5, 5.41) is 5.32. The molecule has 1 fully saturated rings. The second-order valence-corrected chi connectivity index (χ2v) is 8.99. The molecule has 1 saturated heterocycles. The first kappa shape index (κ1) is 23.6. The third-order valence-electron chi connectivity index (χ3n) is 5.85. The van der Waals surface area contributed by atoms with E-state index in [0.29, 0.717) is 28.1 Å². The molecule has 34 heavy (non-hydrogen) atoms. The number of aromatic nitrogens is 1. The molecule has 178 valence electrons. The van der Waals surface area contributed by atoms with Crippen molar-refractivity contribution in [3.8, 4) is 28.5 Å². The predicted molar refractivity (Wildman–Crippen MR) is 132 cm³/mol. The lowest BCUT2D eigenvalue weighted by atomic mass is 10.0. The first-order valence-electron chi connectivity index (χ1n) is 10.8. The van der Waals surface area contributed by atoms with Gasteiger partial charge in [0.15, 0.2) is 16.6 Å². The van der Waals surface area contributed by atoms with Crippen LogP contribution in [0.25, 0.3) is 11.3 Å². The fourth-order valence-corrected chi connectivity index (χ4v) is 4.83. The zero-order chi connectivity index (χ0) is 24.4. The quantitative estimate of drug-likeness (QED) is 0.537. The van der Waals surface area contributed by atoms with E-state index >= 15 is 0 Å². The Labute approximate surface area is 202 Å². The fourth-order valence-electron chi connectivity index (χ4n) is 4.12. The number of anilines is 2. The zero-order valence-corrected chi connectivity index (χ0v) is 20.6. The average molecular weight is 482 g/mol. The molecule has 1 N–H and O–H groups in total. The summed E-state index contributed by atoms with van der Waals surface area (Å²) >= 11 is 1.37. The summed E-state index contributed by atoms with van der Waals surface area (Å²) in [6.45, 7) is 4.34. The number of amides is 2. The molecule has 0 spiro atoms. The Morgan fingerprint density at radius 1 is 1.09 bits per heavy atom. The number of thiazole rings is 1. The van der Waals surface area contributed by atoms with Crippen molar-refractivity contribution in [2.45, 2.75) is 20.3 Å². The summed E-state index contributed by atoms with van der Waals surface area (Å²) in [5.74, 6) is 0.450. The van der Waals surface area contributed by atoms with Gasteiger partial charge >= 0.3 is 0 Å². The third kappa shape index (κ3) is 4.56. The van der Waals surface area contributed by atoms with Gasteiger partial charge < -0.3 is 24.4 Å². The Hall–Kier alpha value is -3.59. The summed E-state index contributed by atoms with van der Waals surface area (Å²) in [6.07, 6.45) is 0.109. The topological polar surface area (TPSA) is 90.0 Å². The van der Waals surface area contributed by atoms with Crippen molar-refractivity contribution in [1.29, 1.82) is 0 Å². The van der Waals surface area contributed by atoms with Gasteiger partial charge in [-0.05, 0) is 19.4 Å². The maximum absolute atomic E-state index is 12.9. The number of benzene rings is 2. The second-order valence-electron chi connectivity index (χ2n) is 8.13. The molecule has 4 rings (SSSR count). The predicted octanol–water partition coefficient (Wildman–Crippen LogP) is 4.44. The number of rotatable bonds is 7. The van der Waals surface area contributed by atoms with Crippen LogP contribution >= 0.6 is 11.3 Å². The van der Waals surface area contributed by atoms with Crippen LogP contribution in [0.15, 0.2) is 35.7 Å². The number of carbonyl (C=O) groups excluding carboxylic acids is 2. The Bertz CT molecular complexity index is 1210. The molecule has 2 aromatic carbocycles. The van der Waals surface area contributed by atoms with E-state index in [-0.39, 0.29) is 24.8 Å². The van der Waals surface area contributed by atoms with Crippen LogP contribution in [0, 0.1) is 19.8 Å². The highest BCUT2D eigenvalue weighted by Gasteiger charge is 2.36. The van der Waals surface area contributed by atoms with Gasteiger partial charge in [0, 0.05) is 36.0 Å². The molecule has 2 heterocycles. The second kappa shape index (κ2) is 9.72. The molecule has 9 heteroatoms. The van der Waals surface area contributed by atoms with Crippen LogP contribution in [-0.4, -0.2) is 44.7 Å². The maximum Gasteiger partial charge on any atom is 0.231 e. The van der Waals surface area contributed by atoms with Gasteiger partial charge in [-0.3, -0.25) is 9.59 Å². The highest BCUT2D eigenvalue weighted by atomic mass is 32.1. The van der Waals surface area contributed by atoms with Crippen molar-refractivity contribution >= 4 is 34.0 Å². The summed E-state index contributed by atoms with van der Waals surface area (Å²) in [5.41, 5.74) is 4.76. The third-order valence-corrected chi connectivity index (χ3v) is 6.61. The molecule has 2 amide bonds. The zero-order valence-electron chi connectivity index (χ0n) is 19.8. The molecule has 1 aliphatic rings. The molecule has 1 aromatic heterocycles. The number of ether oxygens (including phenoxy) is 3. The lowest BCUT2D eigenvalue weighted by Crippen LogP contribution is -2.28. The highest BCUT2D eigenvalue weighted by molar-refractivity contribution is 7.14. The fraction of sp³-hybridized carbons (Fsp3) is 0.320. The SMILES string of the molecule is COc1cc(N2CC(C(=O)Nc3nc(-c4ccc(C)cc4C)cs3)CC2=O)cc(OC)c1OC. The van der Waals surface area contributed by atoms with Crippen molar-refractivity contribution in [2.75, 3.05) is 38.1 Å². The lowest BCUT2D eigenvalue weighted by molar-refractivity contribution is -0.122. The van der Waals surface area contributed by atoms with Crippen LogP contribution in [0.4, 0.5) is 10.8 Å². The average Bonchev–Trinajstić information content (AvgIpc) is 3.44. The number of nitrogens with one attached hydrogen (secondary N) is 1. The van der Waals surface area contributed by atoms with Crippen LogP contribution in [0.2, 0.25) is 0 Å². The number of nitrogens with zero attached hydrogens (tertiary/aromatic N) is 2. The van der Waals surface area contributed by atoms with Gasteiger partial charge in [0.2, 0.25) is 17.6 Å². The molecular formula is C25H27N3O5S. The van der Waals surface area contributed by atoms with Gasteiger partial charge in [0.05, 0.1) is 38.6 Å². The van der Waals surface area contributed by atoms with Crippen LogP contribution in [0.1, 0.15) is 17.5 Å². The molecule has 1 atom stereocenters. The minimum atomic E-state index is -0.500. The Morgan fingerprint density at radius 2 is 1.79 bits per heavy atom. The van der Waals surface area contributed by atoms with E-state index in [0.717, 1.165) is 16.8 Å². The van der Waals surface area contributed by atoms with Gasteiger partial charge in [0.1, 0.15) is 0 Å². The van der Waals surface area contributed by atoms with E-state index in [1.165, 1.54) is 38.2 Å². The van der Waals surface area contributed by atoms with E-state index in [1.807, 2.05) is 31.4 Å². The van der Waals surface area contributed by atoms with E-state index < -0.39 is 5.92 Å². The Balaban J connectivity index is 1.49. The van der Waals surface area contributed by atoms with Gasteiger partial charge in [-0.1, -0.05) is 23.8 Å². The van der Waals surface area contributed by atoms with E-state index in [2.05, 4.69) is 16.4 Å². The van der Waals surface area contributed by atoms with E-state index in [4.69, 9.17) is 14.2 Å². The largest absolute Gasteiger partial charge is 0.493 e. The number of hydrogen-bond donors (Lipinski definition) is 1. The van der Waals surface area contributed by atoms with Gasteiger partial charge in [-0.2, -0.15) is 0 Å². The van der Waals surface area contributed by atoms with Crippen molar-refractivity contribution < 1.29 is 23.8 Å². The summed E-state index contributed by atoms with van der Waals surface area (Å²) in [4.78, 5) is 31.9. The minimum absolute atomic E-state index is 0.109. The highest BCUT2D eigenvalue weighted by Crippen LogP contribution is 2.42. The number of carbonyl (C=O) groups is 2. The normalized spacial score (nSPS) is 15.4. The molecular weight excluding hydrogens is 454 g/mol. The van der Waals surface area contributed by atoms with E-state index in [1.54, 1.807) is 17.0 Å². The van der Waals surface area contributed by atoms with Crippen LogP contribution in [0.5, 0.6) is 17.2 Å². The summed E-state index contributed by atoms with van der Waals surface area (Å²) in [7, 11) is 4.55. The first-order valence-corrected chi connectivity index (χ1v) is 11.7. The van der Waals surface area contributed by atoms with Crippen molar-refractivity contribution in [3.05, 3.63) is 46.8 Å².